The number of carbonyl (C=O) groups is 1. The van der Waals surface area contributed by atoms with E-state index in [4.69, 9.17) is 21.9 Å². The minimum absolute atomic E-state index is 0.181. The summed E-state index contributed by atoms with van der Waals surface area (Å²) < 4.78 is 5.62. The number of nitrogens with one attached hydrogen (secondary N) is 1. The number of benzene rings is 1. The average Bonchev–Trinajstić information content (AvgIpc) is 2.65. The van der Waals surface area contributed by atoms with Gasteiger partial charge in [-0.25, -0.2) is 4.79 Å². The minimum atomic E-state index is -0.311. The molecule has 0 heterocycles. The van der Waals surface area contributed by atoms with Gasteiger partial charge in [0.2, 0.25) is 0 Å². The molecule has 4 aliphatic carbocycles. The molecule has 4 fully saturated rings. The number of amides is 1. The maximum Gasteiger partial charge on any atom is 0.407 e. The molecule has 4 saturated carbocycles. The SMILES string of the molecule is NCCC12CC3(CCN)CC(CCN)(C1)CC(NC(=O)OCc1ccccc1)(C2)C3. The first-order valence-corrected chi connectivity index (χ1v) is 11.5. The van der Waals surface area contributed by atoms with Gasteiger partial charge in [0.1, 0.15) is 6.61 Å². The molecule has 166 valence electrons. The third-order valence-corrected chi connectivity index (χ3v) is 7.99. The van der Waals surface area contributed by atoms with Crippen LogP contribution in [0.25, 0.3) is 0 Å². The van der Waals surface area contributed by atoms with E-state index < -0.39 is 0 Å². The second-order valence-electron chi connectivity index (χ2n) is 10.6. The Morgan fingerprint density at radius 1 is 0.800 bits per heavy atom. The number of carbonyl (C=O) groups excluding carboxylic acids is 1. The summed E-state index contributed by atoms with van der Waals surface area (Å²) in [5.74, 6) is 0. The van der Waals surface area contributed by atoms with E-state index in [0.717, 1.165) is 44.1 Å². The summed E-state index contributed by atoms with van der Waals surface area (Å²) >= 11 is 0. The number of ether oxygens (including phenoxy) is 1. The summed E-state index contributed by atoms with van der Waals surface area (Å²) in [6, 6.07) is 9.82. The molecule has 30 heavy (non-hydrogen) atoms. The molecule has 1 aromatic carbocycles. The van der Waals surface area contributed by atoms with E-state index in [1.165, 1.54) is 19.3 Å². The molecule has 4 bridgehead atoms. The van der Waals surface area contributed by atoms with Crippen molar-refractivity contribution in [2.24, 2.45) is 33.4 Å². The third-order valence-electron chi connectivity index (χ3n) is 7.99. The fraction of sp³-hybridized carbons (Fsp3) is 0.708. The second kappa shape index (κ2) is 8.13. The fourth-order valence-electron chi connectivity index (χ4n) is 8.11. The summed E-state index contributed by atoms with van der Waals surface area (Å²) in [5.41, 5.74) is 19.5. The van der Waals surface area contributed by atoms with E-state index in [-0.39, 0.29) is 27.9 Å². The number of rotatable bonds is 9. The van der Waals surface area contributed by atoms with E-state index in [0.29, 0.717) is 26.2 Å². The van der Waals surface area contributed by atoms with Gasteiger partial charge in [-0.05, 0) is 99.2 Å². The standard InChI is InChI=1S/C24H38N4O2/c25-9-6-21-13-22(7-10-26)15-23(14-21,8-11-27)18-24(16-21,17-22)28-20(29)30-12-19-4-2-1-3-5-19/h1-5H,6-18,25-27H2,(H,28,29). The van der Waals surface area contributed by atoms with Crippen LogP contribution in [0.15, 0.2) is 30.3 Å². The van der Waals surface area contributed by atoms with Crippen LogP contribution in [0.4, 0.5) is 4.79 Å². The van der Waals surface area contributed by atoms with Crippen molar-refractivity contribution < 1.29 is 9.53 Å². The molecule has 7 N–H and O–H groups in total. The van der Waals surface area contributed by atoms with Crippen LogP contribution < -0.4 is 22.5 Å². The van der Waals surface area contributed by atoms with E-state index >= 15 is 0 Å². The molecule has 0 aliphatic heterocycles. The van der Waals surface area contributed by atoms with Gasteiger partial charge in [0.05, 0.1) is 0 Å². The van der Waals surface area contributed by atoms with Gasteiger partial charge in [-0.15, -0.1) is 0 Å². The Hall–Kier alpha value is -1.63. The quantitative estimate of drug-likeness (QED) is 0.495. The molecular formula is C24H38N4O2. The van der Waals surface area contributed by atoms with Crippen molar-refractivity contribution in [1.29, 1.82) is 0 Å². The highest BCUT2D eigenvalue weighted by Gasteiger charge is 2.67. The van der Waals surface area contributed by atoms with E-state index in [2.05, 4.69) is 5.32 Å². The molecular weight excluding hydrogens is 376 g/mol. The van der Waals surface area contributed by atoms with Crippen LogP contribution in [0.2, 0.25) is 0 Å². The van der Waals surface area contributed by atoms with Crippen LogP contribution in [0.1, 0.15) is 63.4 Å². The Bertz CT molecular complexity index is 690. The summed E-state index contributed by atoms with van der Waals surface area (Å²) in [5, 5.41) is 3.36. The van der Waals surface area contributed by atoms with Crippen LogP contribution in [0.5, 0.6) is 0 Å². The molecule has 1 amide bonds. The summed E-state index contributed by atoms with van der Waals surface area (Å²) in [7, 11) is 0. The molecule has 0 atom stereocenters. The number of hydrogen-bond donors (Lipinski definition) is 4. The lowest BCUT2D eigenvalue weighted by Crippen LogP contribution is -2.69. The van der Waals surface area contributed by atoms with Gasteiger partial charge < -0.3 is 27.3 Å². The lowest BCUT2D eigenvalue weighted by atomic mass is 9.36. The minimum Gasteiger partial charge on any atom is -0.445 e. The van der Waals surface area contributed by atoms with Gasteiger partial charge in [-0.3, -0.25) is 0 Å². The summed E-state index contributed by atoms with van der Waals surface area (Å²) in [6.45, 7) is 2.35. The lowest BCUT2D eigenvalue weighted by molar-refractivity contribution is -0.181. The van der Waals surface area contributed by atoms with Crippen molar-refractivity contribution in [3.63, 3.8) is 0 Å². The molecule has 1 aromatic rings. The van der Waals surface area contributed by atoms with Crippen LogP contribution in [-0.4, -0.2) is 31.3 Å². The average molecular weight is 415 g/mol. The smallest absolute Gasteiger partial charge is 0.407 e. The molecule has 0 spiro atoms. The maximum atomic E-state index is 12.9. The first-order valence-electron chi connectivity index (χ1n) is 11.5. The molecule has 6 heteroatoms. The Morgan fingerprint density at radius 2 is 1.27 bits per heavy atom. The number of hydrogen-bond acceptors (Lipinski definition) is 5. The molecule has 0 radical (unpaired) electrons. The Labute approximate surface area is 180 Å². The predicted molar refractivity (Wildman–Crippen MR) is 119 cm³/mol. The van der Waals surface area contributed by atoms with Crippen LogP contribution in [0.3, 0.4) is 0 Å². The third kappa shape index (κ3) is 4.10. The highest BCUT2D eigenvalue weighted by Crippen LogP contribution is 2.73. The zero-order valence-electron chi connectivity index (χ0n) is 18.1. The second-order valence-corrected chi connectivity index (χ2v) is 10.6. The number of alkyl carbamates (subject to hydrolysis) is 1. The van der Waals surface area contributed by atoms with Crippen molar-refractivity contribution in [3.8, 4) is 0 Å². The maximum absolute atomic E-state index is 12.9. The Morgan fingerprint density at radius 3 is 1.70 bits per heavy atom. The lowest BCUT2D eigenvalue weighted by Gasteiger charge is -2.71. The van der Waals surface area contributed by atoms with E-state index in [1.54, 1.807) is 0 Å². The topological polar surface area (TPSA) is 116 Å². The van der Waals surface area contributed by atoms with Crippen molar-refractivity contribution >= 4 is 6.09 Å². The van der Waals surface area contributed by atoms with Crippen LogP contribution in [-0.2, 0) is 11.3 Å². The molecule has 0 unspecified atom stereocenters. The van der Waals surface area contributed by atoms with Crippen molar-refractivity contribution in [2.45, 2.75) is 69.9 Å². The van der Waals surface area contributed by atoms with Gasteiger partial charge in [-0.2, -0.15) is 0 Å². The highest BCUT2D eigenvalue weighted by molar-refractivity contribution is 5.68. The monoisotopic (exact) mass is 414 g/mol. The molecule has 0 saturated heterocycles. The normalized spacial score (nSPS) is 36.6. The van der Waals surface area contributed by atoms with Crippen LogP contribution >= 0.6 is 0 Å². The van der Waals surface area contributed by atoms with Gasteiger partial charge in [0, 0.05) is 5.54 Å². The largest absolute Gasteiger partial charge is 0.445 e. The van der Waals surface area contributed by atoms with Gasteiger partial charge in [-0.1, -0.05) is 30.3 Å². The number of nitrogens with two attached hydrogens (primary N) is 3. The molecule has 6 nitrogen and oxygen atoms in total. The zero-order valence-corrected chi connectivity index (χ0v) is 18.1. The zero-order chi connectivity index (χ0) is 21.3. The summed E-state index contributed by atoms with van der Waals surface area (Å²) in [6.07, 6.45) is 9.25. The highest BCUT2D eigenvalue weighted by atomic mass is 16.5. The van der Waals surface area contributed by atoms with E-state index in [9.17, 15) is 4.79 Å². The van der Waals surface area contributed by atoms with Crippen molar-refractivity contribution in [3.05, 3.63) is 35.9 Å². The van der Waals surface area contributed by atoms with Crippen molar-refractivity contribution in [1.82, 2.24) is 5.32 Å². The molecule has 4 aliphatic rings. The van der Waals surface area contributed by atoms with E-state index in [1.807, 2.05) is 30.3 Å². The van der Waals surface area contributed by atoms with Gasteiger partial charge >= 0.3 is 6.09 Å². The molecule has 0 aromatic heterocycles. The molecule has 5 rings (SSSR count). The fourth-order valence-corrected chi connectivity index (χ4v) is 8.11. The van der Waals surface area contributed by atoms with Gasteiger partial charge in [0.15, 0.2) is 0 Å². The first-order chi connectivity index (χ1) is 14.4. The summed E-state index contributed by atoms with van der Waals surface area (Å²) in [4.78, 5) is 12.9. The Balaban J connectivity index is 1.57. The van der Waals surface area contributed by atoms with Crippen LogP contribution in [0, 0.1) is 16.2 Å². The Kier molecular flexibility index (Phi) is 5.86. The van der Waals surface area contributed by atoms with Gasteiger partial charge in [0.25, 0.3) is 0 Å². The first kappa shape index (κ1) is 21.6. The predicted octanol–water partition coefficient (Wildman–Crippen LogP) is 3.04. The van der Waals surface area contributed by atoms with Crippen molar-refractivity contribution in [2.75, 3.05) is 19.6 Å².